The number of aliphatic hydroxyl groups is 1. The van der Waals surface area contributed by atoms with E-state index in [2.05, 4.69) is 32.6 Å². The first-order chi connectivity index (χ1) is 15.7. The van der Waals surface area contributed by atoms with E-state index in [1.165, 1.54) is 37.7 Å². The Labute approximate surface area is 201 Å². The van der Waals surface area contributed by atoms with Crippen LogP contribution in [0.25, 0.3) is 0 Å². The molecule has 0 aromatic heterocycles. The van der Waals surface area contributed by atoms with Crippen LogP contribution in [0.1, 0.15) is 71.6 Å². The van der Waals surface area contributed by atoms with Crippen LogP contribution >= 0.6 is 0 Å². The Morgan fingerprint density at radius 1 is 1.18 bits per heavy atom. The lowest BCUT2D eigenvalue weighted by Crippen LogP contribution is -2.36. The normalized spacial score (nSPS) is 35.4. The average Bonchev–Trinajstić information content (AvgIpc) is 3.17. The zero-order chi connectivity index (χ0) is 23.6. The first kappa shape index (κ1) is 24.5. The van der Waals surface area contributed by atoms with Crippen molar-refractivity contribution in [2.75, 3.05) is 5.75 Å². The molecular weight excluding hydrogens is 426 g/mol. The van der Waals surface area contributed by atoms with Crippen molar-refractivity contribution in [3.63, 3.8) is 0 Å². The molecule has 3 saturated carbocycles. The van der Waals surface area contributed by atoms with Crippen molar-refractivity contribution in [3.05, 3.63) is 65.8 Å². The Morgan fingerprint density at radius 3 is 2.70 bits per heavy atom. The maximum absolute atomic E-state index is 13.0. The van der Waals surface area contributed by atoms with Gasteiger partial charge in [-0.3, -0.25) is 0 Å². The quantitative estimate of drug-likeness (QED) is 0.461. The summed E-state index contributed by atoms with van der Waals surface area (Å²) in [5.74, 6) is 2.17. The second kappa shape index (κ2) is 9.92. The Bertz CT molecular complexity index is 1020. The van der Waals surface area contributed by atoms with Gasteiger partial charge in [-0.25, -0.2) is 8.99 Å². The van der Waals surface area contributed by atoms with Crippen LogP contribution in [0.5, 0.6) is 0 Å². The van der Waals surface area contributed by atoms with E-state index >= 15 is 0 Å². The van der Waals surface area contributed by atoms with E-state index in [0.717, 1.165) is 31.3 Å². The molecule has 0 bridgehead atoms. The highest BCUT2D eigenvalue weighted by atomic mass is 32.2. The monoisotopic (exact) mass is 467 g/mol. The van der Waals surface area contributed by atoms with E-state index in [9.17, 15) is 9.32 Å². The van der Waals surface area contributed by atoms with Gasteiger partial charge in [0, 0.05) is 10.6 Å². The summed E-state index contributed by atoms with van der Waals surface area (Å²) in [4.78, 5) is 0.665. The number of rotatable bonds is 6. The van der Waals surface area contributed by atoms with Crippen LogP contribution in [0.3, 0.4) is 0 Å². The molecular formula is C29H41NO2S. The van der Waals surface area contributed by atoms with Crippen molar-refractivity contribution in [3.8, 4) is 0 Å². The molecule has 0 spiro atoms. The van der Waals surface area contributed by atoms with E-state index in [0.29, 0.717) is 33.8 Å². The van der Waals surface area contributed by atoms with Gasteiger partial charge >= 0.3 is 0 Å². The molecule has 0 aliphatic heterocycles. The fraction of sp³-hybridized carbons (Fsp3) is 0.586. The molecule has 0 radical (unpaired) electrons. The SMILES string of the molecule is C=C1/C(=C\C=C2/CCC[C@]3(C)[C@@H]([C@H](C)CCS(=N)(=O)c4ccccc4)CC[C@@H]23)CCC[C@@H]1O. The first-order valence-corrected chi connectivity index (χ1v) is 14.5. The molecule has 3 nitrogen and oxygen atoms in total. The highest BCUT2D eigenvalue weighted by molar-refractivity contribution is 7.92. The standard InChI is InChI=1S/C29H41NO2S/c1-21(18-20-33(30,32)25-11-5-4-6-12-25)26-16-17-27-24(10-8-19-29(26,27)3)15-14-23-9-7-13-28(31)22(23)2/h4-6,11-12,14-15,21,26-28,30-31H,2,7-10,13,16-20H2,1,3H3/b23-14-,24-15+/t21-,26-,27+,28+,29-,33?/m1/s1. The molecule has 6 atom stereocenters. The highest BCUT2D eigenvalue weighted by Crippen LogP contribution is 2.59. The summed E-state index contributed by atoms with van der Waals surface area (Å²) in [5.41, 5.74) is 4.00. The van der Waals surface area contributed by atoms with Gasteiger partial charge in [0.2, 0.25) is 0 Å². The van der Waals surface area contributed by atoms with Gasteiger partial charge in [-0.1, -0.05) is 56.4 Å². The Kier molecular flexibility index (Phi) is 7.35. The lowest BCUT2D eigenvalue weighted by Gasteiger charge is -2.44. The molecule has 0 saturated heterocycles. The van der Waals surface area contributed by atoms with Gasteiger partial charge in [0.25, 0.3) is 0 Å². The van der Waals surface area contributed by atoms with Crippen LogP contribution in [0.4, 0.5) is 0 Å². The molecule has 0 heterocycles. The fourth-order valence-corrected chi connectivity index (χ4v) is 8.49. The maximum atomic E-state index is 13.0. The van der Waals surface area contributed by atoms with Crippen LogP contribution in [0.15, 0.2) is 70.7 Å². The van der Waals surface area contributed by atoms with Crippen LogP contribution in [-0.2, 0) is 9.73 Å². The van der Waals surface area contributed by atoms with Crippen molar-refractivity contribution >= 4 is 9.73 Å². The predicted octanol–water partition coefficient (Wildman–Crippen LogP) is 7.29. The largest absolute Gasteiger partial charge is 0.388 e. The number of nitrogens with one attached hydrogen (secondary N) is 1. The third-order valence-corrected chi connectivity index (χ3v) is 10.8. The number of allylic oxidation sites excluding steroid dienone is 3. The van der Waals surface area contributed by atoms with Gasteiger partial charge in [0.1, 0.15) is 0 Å². The predicted molar refractivity (Wildman–Crippen MR) is 138 cm³/mol. The number of hydrogen-bond acceptors (Lipinski definition) is 3. The molecule has 1 unspecified atom stereocenters. The lowest BCUT2D eigenvalue weighted by atomic mass is 9.61. The summed E-state index contributed by atoms with van der Waals surface area (Å²) < 4.78 is 21.5. The van der Waals surface area contributed by atoms with Crippen molar-refractivity contribution in [2.24, 2.45) is 23.2 Å². The lowest BCUT2D eigenvalue weighted by molar-refractivity contribution is 0.0964. The minimum Gasteiger partial charge on any atom is -0.388 e. The Hall–Kier alpha value is -1.65. The molecule has 180 valence electrons. The Balaban J connectivity index is 1.45. The third-order valence-electron chi connectivity index (χ3n) is 8.95. The molecule has 4 rings (SSSR count). The second-order valence-corrected chi connectivity index (χ2v) is 13.2. The van der Waals surface area contributed by atoms with Crippen molar-refractivity contribution < 1.29 is 9.32 Å². The zero-order valence-electron chi connectivity index (χ0n) is 20.4. The third kappa shape index (κ3) is 5.07. The van der Waals surface area contributed by atoms with Crippen molar-refractivity contribution in [1.82, 2.24) is 0 Å². The van der Waals surface area contributed by atoms with E-state index in [-0.39, 0.29) is 6.10 Å². The van der Waals surface area contributed by atoms with Crippen LogP contribution < -0.4 is 0 Å². The molecule has 2 N–H and O–H groups in total. The van der Waals surface area contributed by atoms with E-state index in [1.54, 1.807) is 5.57 Å². The second-order valence-electron chi connectivity index (χ2n) is 10.9. The van der Waals surface area contributed by atoms with Gasteiger partial charge in [0.15, 0.2) is 0 Å². The first-order valence-electron chi connectivity index (χ1n) is 12.8. The average molecular weight is 468 g/mol. The van der Waals surface area contributed by atoms with Crippen LogP contribution in [-0.4, -0.2) is 21.2 Å². The molecule has 1 aromatic carbocycles. The molecule has 3 aliphatic carbocycles. The van der Waals surface area contributed by atoms with Crippen LogP contribution in [0, 0.1) is 27.9 Å². The summed E-state index contributed by atoms with van der Waals surface area (Å²) in [5, 5.41) is 10.2. The number of hydrogen-bond donors (Lipinski definition) is 2. The maximum Gasteiger partial charge on any atom is 0.0787 e. The van der Waals surface area contributed by atoms with Gasteiger partial charge < -0.3 is 5.11 Å². The van der Waals surface area contributed by atoms with Gasteiger partial charge in [-0.05, 0) is 104 Å². The Morgan fingerprint density at radius 2 is 1.94 bits per heavy atom. The number of benzene rings is 1. The summed E-state index contributed by atoms with van der Waals surface area (Å²) in [6.07, 6.45) is 14.1. The molecule has 1 aromatic rings. The smallest absolute Gasteiger partial charge is 0.0787 e. The van der Waals surface area contributed by atoms with Gasteiger partial charge in [-0.2, -0.15) is 0 Å². The molecule has 3 aliphatic rings. The minimum absolute atomic E-state index is 0.292. The van der Waals surface area contributed by atoms with Gasteiger partial charge in [-0.15, -0.1) is 0 Å². The van der Waals surface area contributed by atoms with Gasteiger partial charge in [0.05, 0.1) is 15.8 Å². The molecule has 33 heavy (non-hydrogen) atoms. The highest BCUT2D eigenvalue weighted by Gasteiger charge is 2.50. The number of fused-ring (bicyclic) bond motifs is 1. The summed E-state index contributed by atoms with van der Waals surface area (Å²) in [6, 6.07) is 9.34. The fourth-order valence-electron chi connectivity index (χ4n) is 6.96. The zero-order valence-corrected chi connectivity index (χ0v) is 21.2. The number of aliphatic hydroxyl groups excluding tert-OH is 1. The molecule has 3 fully saturated rings. The van der Waals surface area contributed by atoms with Crippen LogP contribution in [0.2, 0.25) is 0 Å². The molecule has 0 amide bonds. The summed E-state index contributed by atoms with van der Waals surface area (Å²) in [6.45, 7) is 8.95. The van der Waals surface area contributed by atoms with E-state index in [1.807, 2.05) is 30.3 Å². The topological polar surface area (TPSA) is 61.2 Å². The van der Waals surface area contributed by atoms with Crippen molar-refractivity contribution in [2.45, 2.75) is 82.6 Å². The van der Waals surface area contributed by atoms with E-state index in [4.69, 9.17) is 4.78 Å². The summed E-state index contributed by atoms with van der Waals surface area (Å²) in [7, 11) is -2.72. The van der Waals surface area contributed by atoms with Crippen molar-refractivity contribution in [1.29, 1.82) is 4.78 Å². The minimum atomic E-state index is -2.72. The summed E-state index contributed by atoms with van der Waals surface area (Å²) >= 11 is 0. The van der Waals surface area contributed by atoms with E-state index < -0.39 is 9.73 Å². The molecule has 4 heteroatoms.